The van der Waals surface area contributed by atoms with Gasteiger partial charge in [0.2, 0.25) is 5.88 Å². The van der Waals surface area contributed by atoms with Crippen LogP contribution in [-0.2, 0) is 6.54 Å². The van der Waals surface area contributed by atoms with E-state index in [-0.39, 0.29) is 24.1 Å². The van der Waals surface area contributed by atoms with Crippen LogP contribution in [0.4, 0.5) is 0 Å². The number of amides is 1. The summed E-state index contributed by atoms with van der Waals surface area (Å²) >= 11 is 0. The van der Waals surface area contributed by atoms with Gasteiger partial charge < -0.3 is 19.4 Å². The lowest BCUT2D eigenvalue weighted by atomic mass is 10.1. The number of carbonyl (C=O) groups is 1. The number of H-pyrrole nitrogens is 1. The highest BCUT2D eigenvalue weighted by Crippen LogP contribution is 2.31. The first-order valence-electron chi connectivity index (χ1n) is 9.05. The van der Waals surface area contributed by atoms with Crippen LogP contribution in [0.1, 0.15) is 46.6 Å². The van der Waals surface area contributed by atoms with E-state index in [0.717, 1.165) is 11.3 Å². The molecule has 0 aliphatic carbocycles. The molecule has 2 aromatic rings. The average molecular weight is 371 g/mol. The molecule has 3 rings (SSSR count). The fourth-order valence-corrected chi connectivity index (χ4v) is 3.23. The SMILES string of the molecule is Cc1cc(C)c(CN2CCOc3cnc(OC(C)C)c(C)c3C2=O)c(=O)[nH]1. The van der Waals surface area contributed by atoms with Crippen LogP contribution in [0.3, 0.4) is 0 Å². The maximum Gasteiger partial charge on any atom is 0.258 e. The molecule has 0 saturated carbocycles. The number of aromatic nitrogens is 2. The molecule has 0 fully saturated rings. The van der Waals surface area contributed by atoms with Crippen LogP contribution < -0.4 is 15.0 Å². The number of aromatic amines is 1. The molecule has 3 heterocycles. The minimum atomic E-state index is -0.185. The topological polar surface area (TPSA) is 84.5 Å². The van der Waals surface area contributed by atoms with Crippen molar-refractivity contribution in [3.63, 3.8) is 0 Å². The Bertz CT molecular complexity index is 934. The number of hydrogen-bond acceptors (Lipinski definition) is 5. The highest BCUT2D eigenvalue weighted by molar-refractivity contribution is 5.99. The van der Waals surface area contributed by atoms with Crippen LogP contribution >= 0.6 is 0 Å². The van der Waals surface area contributed by atoms with Gasteiger partial charge in [0.1, 0.15) is 6.61 Å². The second-order valence-corrected chi connectivity index (χ2v) is 7.11. The van der Waals surface area contributed by atoms with Gasteiger partial charge in [0, 0.05) is 16.8 Å². The molecule has 0 saturated heterocycles. The summed E-state index contributed by atoms with van der Waals surface area (Å²) in [6, 6.07) is 1.91. The van der Waals surface area contributed by atoms with Crippen LogP contribution in [0.15, 0.2) is 17.1 Å². The fourth-order valence-electron chi connectivity index (χ4n) is 3.23. The monoisotopic (exact) mass is 371 g/mol. The molecule has 1 N–H and O–H groups in total. The molecule has 0 aromatic carbocycles. The van der Waals surface area contributed by atoms with E-state index in [9.17, 15) is 9.59 Å². The molecular formula is C20H25N3O4. The number of rotatable bonds is 4. The number of hydrogen-bond donors (Lipinski definition) is 1. The van der Waals surface area contributed by atoms with Crippen LogP contribution in [0.5, 0.6) is 11.6 Å². The van der Waals surface area contributed by atoms with Crippen molar-refractivity contribution >= 4 is 5.91 Å². The summed E-state index contributed by atoms with van der Waals surface area (Å²) in [6.45, 7) is 10.3. The van der Waals surface area contributed by atoms with E-state index in [1.54, 1.807) is 11.8 Å². The Balaban J connectivity index is 1.98. The Kier molecular flexibility index (Phi) is 5.21. The molecule has 7 nitrogen and oxygen atoms in total. The summed E-state index contributed by atoms with van der Waals surface area (Å²) in [5, 5.41) is 0. The van der Waals surface area contributed by atoms with Crippen molar-refractivity contribution in [3.05, 3.63) is 50.6 Å². The van der Waals surface area contributed by atoms with E-state index < -0.39 is 0 Å². The van der Waals surface area contributed by atoms with Crippen molar-refractivity contribution in [2.45, 2.75) is 47.3 Å². The molecule has 1 aliphatic rings. The van der Waals surface area contributed by atoms with Gasteiger partial charge >= 0.3 is 0 Å². The fraction of sp³-hybridized carbons (Fsp3) is 0.450. The maximum atomic E-state index is 13.2. The first-order chi connectivity index (χ1) is 12.8. The van der Waals surface area contributed by atoms with Gasteiger partial charge in [-0.2, -0.15) is 0 Å². The first-order valence-corrected chi connectivity index (χ1v) is 9.05. The highest BCUT2D eigenvalue weighted by Gasteiger charge is 2.28. The largest absolute Gasteiger partial charge is 0.489 e. The van der Waals surface area contributed by atoms with Gasteiger partial charge in [-0.3, -0.25) is 9.59 Å². The lowest BCUT2D eigenvalue weighted by Crippen LogP contribution is -2.35. The van der Waals surface area contributed by atoms with E-state index in [1.807, 2.05) is 33.8 Å². The Labute approximate surface area is 158 Å². The maximum absolute atomic E-state index is 13.2. The second kappa shape index (κ2) is 7.42. The van der Waals surface area contributed by atoms with Crippen molar-refractivity contribution in [1.29, 1.82) is 0 Å². The van der Waals surface area contributed by atoms with Gasteiger partial charge in [-0.15, -0.1) is 0 Å². The van der Waals surface area contributed by atoms with Gasteiger partial charge in [-0.1, -0.05) is 0 Å². The van der Waals surface area contributed by atoms with E-state index in [2.05, 4.69) is 9.97 Å². The molecule has 0 bridgehead atoms. The Morgan fingerprint density at radius 2 is 2.04 bits per heavy atom. The van der Waals surface area contributed by atoms with Gasteiger partial charge in [0.15, 0.2) is 5.75 Å². The zero-order chi connectivity index (χ0) is 19.7. The third-order valence-corrected chi connectivity index (χ3v) is 4.55. The quantitative estimate of drug-likeness (QED) is 0.893. The predicted molar refractivity (Wildman–Crippen MR) is 102 cm³/mol. The smallest absolute Gasteiger partial charge is 0.258 e. The summed E-state index contributed by atoms with van der Waals surface area (Å²) < 4.78 is 11.5. The van der Waals surface area contributed by atoms with E-state index in [1.165, 1.54) is 6.20 Å². The van der Waals surface area contributed by atoms with Crippen LogP contribution in [0.2, 0.25) is 0 Å². The molecule has 0 unspecified atom stereocenters. The van der Waals surface area contributed by atoms with Gasteiger partial charge in [-0.05, 0) is 46.2 Å². The van der Waals surface area contributed by atoms with E-state index in [0.29, 0.717) is 41.5 Å². The van der Waals surface area contributed by atoms with Crippen LogP contribution in [-0.4, -0.2) is 40.0 Å². The number of fused-ring (bicyclic) bond motifs is 1. The lowest BCUT2D eigenvalue weighted by Gasteiger charge is -2.22. The zero-order valence-corrected chi connectivity index (χ0v) is 16.4. The summed E-state index contributed by atoms with van der Waals surface area (Å²) in [5.41, 5.74) is 3.18. The first kappa shape index (κ1) is 18.9. The highest BCUT2D eigenvalue weighted by atomic mass is 16.5. The van der Waals surface area contributed by atoms with Gasteiger partial charge in [0.05, 0.1) is 31.0 Å². The number of carbonyl (C=O) groups excluding carboxylic acids is 1. The number of ether oxygens (including phenoxy) is 2. The Morgan fingerprint density at radius 3 is 2.70 bits per heavy atom. The average Bonchev–Trinajstić information content (AvgIpc) is 2.73. The van der Waals surface area contributed by atoms with Crippen LogP contribution in [0.25, 0.3) is 0 Å². The molecule has 0 radical (unpaired) electrons. The third kappa shape index (κ3) is 3.82. The Morgan fingerprint density at radius 1 is 1.30 bits per heavy atom. The van der Waals surface area contributed by atoms with Gasteiger partial charge in [-0.25, -0.2) is 4.98 Å². The van der Waals surface area contributed by atoms with E-state index >= 15 is 0 Å². The summed E-state index contributed by atoms with van der Waals surface area (Å²) in [4.78, 5) is 34.3. The zero-order valence-electron chi connectivity index (χ0n) is 16.4. The molecule has 2 aromatic heterocycles. The normalized spacial score (nSPS) is 14.0. The Hall–Kier alpha value is -2.83. The predicted octanol–water partition coefficient (Wildman–Crippen LogP) is 2.52. The van der Waals surface area contributed by atoms with Gasteiger partial charge in [0.25, 0.3) is 11.5 Å². The standard InChI is InChI=1S/C20H25N3O4/c1-11(2)27-19-14(5)17-16(9-21-19)26-7-6-23(20(17)25)10-15-12(3)8-13(4)22-18(15)24/h8-9,11H,6-7,10H2,1-5H3,(H,22,24). The lowest BCUT2D eigenvalue weighted by molar-refractivity contribution is 0.0740. The molecule has 1 amide bonds. The summed E-state index contributed by atoms with van der Waals surface area (Å²) in [5.74, 6) is 0.688. The molecule has 27 heavy (non-hydrogen) atoms. The summed E-state index contributed by atoms with van der Waals surface area (Å²) in [6.07, 6.45) is 1.48. The minimum Gasteiger partial charge on any atom is -0.489 e. The number of pyridine rings is 2. The molecule has 144 valence electrons. The second-order valence-electron chi connectivity index (χ2n) is 7.11. The number of nitrogens with one attached hydrogen (secondary N) is 1. The third-order valence-electron chi connectivity index (χ3n) is 4.55. The molecular weight excluding hydrogens is 346 g/mol. The number of nitrogens with zero attached hydrogens (tertiary/aromatic N) is 2. The molecule has 7 heteroatoms. The van der Waals surface area contributed by atoms with Crippen molar-refractivity contribution in [2.75, 3.05) is 13.2 Å². The molecule has 0 spiro atoms. The number of aryl methyl sites for hydroxylation is 2. The summed E-state index contributed by atoms with van der Waals surface area (Å²) in [7, 11) is 0. The van der Waals surface area contributed by atoms with E-state index in [4.69, 9.17) is 9.47 Å². The molecule has 0 atom stereocenters. The van der Waals surface area contributed by atoms with Crippen molar-refractivity contribution < 1.29 is 14.3 Å². The van der Waals surface area contributed by atoms with Crippen molar-refractivity contribution in [2.24, 2.45) is 0 Å². The van der Waals surface area contributed by atoms with Crippen LogP contribution in [0, 0.1) is 20.8 Å². The molecule has 1 aliphatic heterocycles. The van der Waals surface area contributed by atoms with Crippen molar-refractivity contribution in [1.82, 2.24) is 14.9 Å². The van der Waals surface area contributed by atoms with Crippen molar-refractivity contribution in [3.8, 4) is 11.6 Å². The minimum absolute atomic E-state index is 0.0547.